The molecular weight excluding hydrogens is 410 g/mol. The molecule has 0 spiro atoms. The molecule has 2 saturated heterocycles. The summed E-state index contributed by atoms with van der Waals surface area (Å²) in [5.74, 6) is 0.110. The smallest absolute Gasteiger partial charge is 0.317 e. The molecule has 1 N–H and O–H groups in total. The second-order valence-electron chi connectivity index (χ2n) is 8.82. The summed E-state index contributed by atoms with van der Waals surface area (Å²) < 4.78 is 0. The molecular formula is C25H28ClN3O2. The van der Waals surface area contributed by atoms with Crippen LogP contribution < -0.4 is 5.32 Å². The highest BCUT2D eigenvalue weighted by atomic mass is 35.5. The van der Waals surface area contributed by atoms with Crippen LogP contribution in [0.2, 0.25) is 5.02 Å². The molecule has 2 fully saturated rings. The number of amides is 3. The van der Waals surface area contributed by atoms with Gasteiger partial charge in [0, 0.05) is 30.7 Å². The molecule has 3 aliphatic rings. The first-order valence-corrected chi connectivity index (χ1v) is 11.7. The molecule has 0 bridgehead atoms. The van der Waals surface area contributed by atoms with Gasteiger partial charge < -0.3 is 15.1 Å². The van der Waals surface area contributed by atoms with Crippen LogP contribution >= 0.6 is 11.6 Å². The van der Waals surface area contributed by atoms with E-state index in [0.29, 0.717) is 19.6 Å². The molecule has 162 valence electrons. The minimum Gasteiger partial charge on any atom is -0.338 e. The summed E-state index contributed by atoms with van der Waals surface area (Å²) in [4.78, 5) is 30.4. The molecule has 2 aromatic carbocycles. The molecule has 3 heterocycles. The third kappa shape index (κ3) is 3.80. The number of likely N-dealkylation sites (tertiary alicyclic amines) is 1. The zero-order valence-electron chi connectivity index (χ0n) is 17.6. The van der Waals surface area contributed by atoms with E-state index in [1.165, 1.54) is 5.56 Å². The molecule has 0 aromatic heterocycles. The molecule has 31 heavy (non-hydrogen) atoms. The van der Waals surface area contributed by atoms with E-state index >= 15 is 0 Å². The average Bonchev–Trinajstić information content (AvgIpc) is 2.80. The standard InChI is InChI=1S/C25H28ClN3O2/c26-21-10-4-8-19-18(21)12-15-28-22(19)16-23-20(24(28)30)9-5-14-29(23)25(31)27-13-11-17-6-2-1-3-7-17/h1-4,6-8,10,20,22-23H,5,9,11-16H2,(H,27,31)/t20-,22+,23-/m1/s1. The Morgan fingerprint density at radius 2 is 1.94 bits per heavy atom. The van der Waals surface area contributed by atoms with Crippen LogP contribution in [0.4, 0.5) is 4.79 Å². The first-order valence-electron chi connectivity index (χ1n) is 11.3. The van der Waals surface area contributed by atoms with Crippen molar-refractivity contribution in [2.24, 2.45) is 5.92 Å². The Morgan fingerprint density at radius 1 is 1.10 bits per heavy atom. The van der Waals surface area contributed by atoms with Gasteiger partial charge in [0.25, 0.3) is 0 Å². The maximum Gasteiger partial charge on any atom is 0.317 e. The van der Waals surface area contributed by atoms with Crippen molar-refractivity contribution >= 4 is 23.5 Å². The summed E-state index contributed by atoms with van der Waals surface area (Å²) in [6.07, 6.45) is 4.13. The fourth-order valence-corrected chi connectivity index (χ4v) is 5.89. The number of nitrogens with zero attached hydrogens (tertiary/aromatic N) is 2. The lowest BCUT2D eigenvalue weighted by Crippen LogP contribution is -2.61. The molecule has 0 saturated carbocycles. The van der Waals surface area contributed by atoms with Crippen molar-refractivity contribution in [2.75, 3.05) is 19.6 Å². The van der Waals surface area contributed by atoms with Crippen molar-refractivity contribution in [2.45, 2.75) is 44.2 Å². The molecule has 0 radical (unpaired) electrons. The molecule has 6 heteroatoms. The molecule has 0 aliphatic carbocycles. The van der Waals surface area contributed by atoms with Gasteiger partial charge in [-0.3, -0.25) is 4.79 Å². The lowest BCUT2D eigenvalue weighted by molar-refractivity contribution is -0.148. The Morgan fingerprint density at radius 3 is 2.77 bits per heavy atom. The Balaban J connectivity index is 1.32. The van der Waals surface area contributed by atoms with Crippen molar-refractivity contribution in [1.82, 2.24) is 15.1 Å². The van der Waals surface area contributed by atoms with E-state index in [-0.39, 0.29) is 29.9 Å². The van der Waals surface area contributed by atoms with Crippen molar-refractivity contribution < 1.29 is 9.59 Å². The zero-order valence-corrected chi connectivity index (χ0v) is 18.4. The van der Waals surface area contributed by atoms with Crippen molar-refractivity contribution in [3.8, 4) is 0 Å². The number of hydrogen-bond donors (Lipinski definition) is 1. The van der Waals surface area contributed by atoms with E-state index < -0.39 is 0 Å². The van der Waals surface area contributed by atoms with Gasteiger partial charge in [0.15, 0.2) is 0 Å². The second-order valence-corrected chi connectivity index (χ2v) is 9.22. The maximum atomic E-state index is 13.4. The van der Waals surface area contributed by atoms with Gasteiger partial charge in [0.2, 0.25) is 5.91 Å². The monoisotopic (exact) mass is 437 g/mol. The van der Waals surface area contributed by atoms with Gasteiger partial charge >= 0.3 is 6.03 Å². The van der Waals surface area contributed by atoms with Crippen molar-refractivity contribution in [3.05, 3.63) is 70.2 Å². The number of benzene rings is 2. The van der Waals surface area contributed by atoms with Crippen LogP contribution in [0.15, 0.2) is 48.5 Å². The fraction of sp³-hybridized carbons (Fsp3) is 0.440. The number of fused-ring (bicyclic) bond motifs is 4. The summed E-state index contributed by atoms with van der Waals surface area (Å²) in [5, 5.41) is 3.87. The highest BCUT2D eigenvalue weighted by Crippen LogP contribution is 2.44. The van der Waals surface area contributed by atoms with Gasteiger partial charge in [-0.25, -0.2) is 4.79 Å². The van der Waals surface area contributed by atoms with Crippen LogP contribution in [-0.4, -0.2) is 47.4 Å². The van der Waals surface area contributed by atoms with Crippen molar-refractivity contribution in [3.63, 3.8) is 0 Å². The first kappa shape index (κ1) is 20.4. The summed E-state index contributed by atoms with van der Waals surface area (Å²) in [5.41, 5.74) is 3.52. The number of nitrogens with one attached hydrogen (secondary N) is 1. The Bertz CT molecular complexity index is 980. The number of hydrogen-bond acceptors (Lipinski definition) is 2. The van der Waals surface area contributed by atoms with E-state index in [9.17, 15) is 9.59 Å². The lowest BCUT2D eigenvalue weighted by Gasteiger charge is -2.51. The molecule has 3 aliphatic heterocycles. The zero-order chi connectivity index (χ0) is 21.4. The van der Waals surface area contributed by atoms with E-state index in [2.05, 4.69) is 23.5 Å². The topological polar surface area (TPSA) is 52.7 Å². The van der Waals surface area contributed by atoms with E-state index in [1.807, 2.05) is 40.1 Å². The van der Waals surface area contributed by atoms with E-state index in [4.69, 9.17) is 11.6 Å². The second kappa shape index (κ2) is 8.54. The van der Waals surface area contributed by atoms with Gasteiger partial charge in [0.1, 0.15) is 0 Å². The minimum atomic E-state index is -0.0920. The molecule has 0 unspecified atom stereocenters. The molecule has 5 nitrogen and oxygen atoms in total. The van der Waals surface area contributed by atoms with Gasteiger partial charge in [-0.1, -0.05) is 54.1 Å². The number of piperidine rings is 2. The summed E-state index contributed by atoms with van der Waals surface area (Å²) in [6, 6.07) is 16.1. The predicted molar refractivity (Wildman–Crippen MR) is 121 cm³/mol. The molecule has 2 aromatic rings. The highest BCUT2D eigenvalue weighted by Gasteiger charge is 2.48. The van der Waals surface area contributed by atoms with Crippen LogP contribution in [-0.2, 0) is 17.6 Å². The minimum absolute atomic E-state index is 0.00826. The van der Waals surface area contributed by atoms with Gasteiger partial charge in [-0.15, -0.1) is 0 Å². The molecule has 3 atom stereocenters. The number of carbonyl (C=O) groups is 2. The average molecular weight is 438 g/mol. The normalized spacial score (nSPS) is 24.8. The van der Waals surface area contributed by atoms with Crippen LogP contribution in [0.3, 0.4) is 0 Å². The van der Waals surface area contributed by atoms with E-state index in [0.717, 1.165) is 48.3 Å². The van der Waals surface area contributed by atoms with Crippen LogP contribution in [0.1, 0.15) is 42.0 Å². The summed E-state index contributed by atoms with van der Waals surface area (Å²) in [6.45, 7) is 2.02. The van der Waals surface area contributed by atoms with Crippen LogP contribution in [0.25, 0.3) is 0 Å². The number of carbonyl (C=O) groups excluding carboxylic acids is 2. The Hall–Kier alpha value is -2.53. The third-order valence-electron chi connectivity index (χ3n) is 7.13. The fourth-order valence-electron chi connectivity index (χ4n) is 5.62. The number of urea groups is 1. The number of rotatable bonds is 3. The van der Waals surface area contributed by atoms with Gasteiger partial charge in [0.05, 0.1) is 12.0 Å². The summed E-state index contributed by atoms with van der Waals surface area (Å²) in [7, 11) is 0. The van der Waals surface area contributed by atoms with Gasteiger partial charge in [-0.2, -0.15) is 0 Å². The van der Waals surface area contributed by atoms with Crippen LogP contribution in [0, 0.1) is 5.92 Å². The van der Waals surface area contributed by atoms with Crippen molar-refractivity contribution in [1.29, 1.82) is 0 Å². The lowest BCUT2D eigenvalue weighted by atomic mass is 9.76. The largest absolute Gasteiger partial charge is 0.338 e. The first-order chi connectivity index (χ1) is 15.1. The third-order valence-corrected chi connectivity index (χ3v) is 7.48. The van der Waals surface area contributed by atoms with E-state index in [1.54, 1.807) is 0 Å². The quantitative estimate of drug-likeness (QED) is 0.782. The van der Waals surface area contributed by atoms with Crippen LogP contribution in [0.5, 0.6) is 0 Å². The Labute approximate surface area is 188 Å². The Kier molecular flexibility index (Phi) is 5.61. The number of halogens is 1. The highest BCUT2D eigenvalue weighted by molar-refractivity contribution is 6.31. The SMILES string of the molecule is O=C(NCCc1ccccc1)N1CCC[C@H]2C(=O)N3CCc4c(Cl)cccc4[C@@H]3C[C@H]21. The maximum absolute atomic E-state index is 13.4. The van der Waals surface area contributed by atoms with Gasteiger partial charge in [-0.05, 0) is 54.9 Å². The predicted octanol–water partition coefficient (Wildman–Crippen LogP) is 4.20. The molecule has 5 rings (SSSR count). The summed E-state index contributed by atoms with van der Waals surface area (Å²) >= 11 is 6.46. The molecule has 3 amide bonds.